The summed E-state index contributed by atoms with van der Waals surface area (Å²) in [6.07, 6.45) is 2.45. The summed E-state index contributed by atoms with van der Waals surface area (Å²) in [6.45, 7) is 2.02. The molecular formula is C9H15N3O. The Kier molecular flexibility index (Phi) is 2.70. The molecule has 0 aliphatic heterocycles. The molecule has 72 valence electrons. The highest BCUT2D eigenvalue weighted by atomic mass is 16.2. The molecule has 1 rings (SSSR count). The van der Waals surface area contributed by atoms with E-state index in [0.29, 0.717) is 5.56 Å². The zero-order valence-electron chi connectivity index (χ0n) is 8.53. The first kappa shape index (κ1) is 9.77. The normalized spacial score (nSPS) is 10.2. The lowest BCUT2D eigenvalue weighted by Crippen LogP contribution is -2.22. The van der Waals surface area contributed by atoms with Crippen LogP contribution in [-0.2, 0) is 13.5 Å². The summed E-state index contributed by atoms with van der Waals surface area (Å²) in [7, 11) is 5.34. The van der Waals surface area contributed by atoms with Crippen LogP contribution >= 0.6 is 0 Å². The standard InChI is InChI=1S/C9H15N3O/c1-5-8-7(6-10-12(8)4)9(13)11(2)3/h6H,5H2,1-4H3. The van der Waals surface area contributed by atoms with Crippen molar-refractivity contribution in [2.75, 3.05) is 14.1 Å². The fourth-order valence-corrected chi connectivity index (χ4v) is 1.30. The van der Waals surface area contributed by atoms with Gasteiger partial charge in [-0.15, -0.1) is 0 Å². The van der Waals surface area contributed by atoms with Gasteiger partial charge in [-0.2, -0.15) is 5.10 Å². The quantitative estimate of drug-likeness (QED) is 0.673. The van der Waals surface area contributed by atoms with Gasteiger partial charge in [0.05, 0.1) is 17.5 Å². The van der Waals surface area contributed by atoms with Crippen LogP contribution in [0.15, 0.2) is 6.20 Å². The van der Waals surface area contributed by atoms with E-state index in [1.165, 1.54) is 0 Å². The molecule has 0 N–H and O–H groups in total. The highest BCUT2D eigenvalue weighted by Crippen LogP contribution is 2.09. The van der Waals surface area contributed by atoms with Gasteiger partial charge in [-0.05, 0) is 6.42 Å². The van der Waals surface area contributed by atoms with Gasteiger partial charge in [0.1, 0.15) is 0 Å². The first-order valence-corrected chi connectivity index (χ1v) is 4.30. The van der Waals surface area contributed by atoms with Crippen molar-refractivity contribution in [3.8, 4) is 0 Å². The van der Waals surface area contributed by atoms with Crippen molar-refractivity contribution in [3.63, 3.8) is 0 Å². The maximum Gasteiger partial charge on any atom is 0.256 e. The molecule has 0 radical (unpaired) electrons. The third kappa shape index (κ3) is 1.71. The van der Waals surface area contributed by atoms with E-state index >= 15 is 0 Å². The largest absolute Gasteiger partial charge is 0.345 e. The van der Waals surface area contributed by atoms with Crippen molar-refractivity contribution in [2.24, 2.45) is 7.05 Å². The number of nitrogens with zero attached hydrogens (tertiary/aromatic N) is 3. The van der Waals surface area contributed by atoms with Gasteiger partial charge in [0.25, 0.3) is 5.91 Å². The van der Waals surface area contributed by atoms with Gasteiger partial charge in [-0.25, -0.2) is 0 Å². The average Bonchev–Trinajstić information content (AvgIpc) is 2.45. The third-order valence-corrected chi connectivity index (χ3v) is 2.03. The second kappa shape index (κ2) is 3.60. The lowest BCUT2D eigenvalue weighted by atomic mass is 10.2. The van der Waals surface area contributed by atoms with Crippen molar-refractivity contribution in [1.29, 1.82) is 0 Å². The molecule has 0 aliphatic rings. The van der Waals surface area contributed by atoms with E-state index < -0.39 is 0 Å². The van der Waals surface area contributed by atoms with Gasteiger partial charge in [-0.1, -0.05) is 6.92 Å². The molecule has 1 aromatic rings. The van der Waals surface area contributed by atoms with Crippen LogP contribution in [0.4, 0.5) is 0 Å². The maximum absolute atomic E-state index is 11.6. The van der Waals surface area contributed by atoms with Crippen molar-refractivity contribution in [3.05, 3.63) is 17.5 Å². The Labute approximate surface area is 78.1 Å². The lowest BCUT2D eigenvalue weighted by Gasteiger charge is -2.09. The van der Waals surface area contributed by atoms with E-state index in [2.05, 4.69) is 5.10 Å². The number of aromatic nitrogens is 2. The lowest BCUT2D eigenvalue weighted by molar-refractivity contribution is 0.0826. The monoisotopic (exact) mass is 181 g/mol. The SMILES string of the molecule is CCc1c(C(=O)N(C)C)cnn1C. The molecule has 1 aromatic heterocycles. The second-order valence-corrected chi connectivity index (χ2v) is 3.18. The molecule has 4 heteroatoms. The minimum Gasteiger partial charge on any atom is -0.345 e. The maximum atomic E-state index is 11.6. The molecule has 1 heterocycles. The fraction of sp³-hybridized carbons (Fsp3) is 0.556. The Morgan fingerprint density at radius 2 is 2.23 bits per heavy atom. The molecule has 0 unspecified atom stereocenters. The zero-order chi connectivity index (χ0) is 10.0. The summed E-state index contributed by atoms with van der Waals surface area (Å²) in [4.78, 5) is 13.2. The summed E-state index contributed by atoms with van der Waals surface area (Å²) in [5.41, 5.74) is 1.69. The summed E-state index contributed by atoms with van der Waals surface area (Å²) < 4.78 is 1.75. The first-order valence-electron chi connectivity index (χ1n) is 4.30. The molecule has 0 spiro atoms. The van der Waals surface area contributed by atoms with Crippen molar-refractivity contribution < 1.29 is 4.79 Å². The molecule has 1 amide bonds. The summed E-state index contributed by atoms with van der Waals surface area (Å²) in [5.74, 6) is 0.0185. The molecule has 0 saturated heterocycles. The van der Waals surface area contributed by atoms with E-state index in [1.54, 1.807) is 29.9 Å². The molecular weight excluding hydrogens is 166 g/mol. The molecule has 0 bridgehead atoms. The van der Waals surface area contributed by atoms with Crippen LogP contribution in [0, 0.1) is 0 Å². The van der Waals surface area contributed by atoms with Crippen LogP contribution in [0.1, 0.15) is 23.0 Å². The highest BCUT2D eigenvalue weighted by molar-refractivity contribution is 5.94. The predicted molar refractivity (Wildman–Crippen MR) is 50.6 cm³/mol. The number of hydrogen-bond acceptors (Lipinski definition) is 2. The molecule has 0 saturated carbocycles. The van der Waals surface area contributed by atoms with Crippen molar-refractivity contribution >= 4 is 5.91 Å². The van der Waals surface area contributed by atoms with Crippen LogP contribution in [0.5, 0.6) is 0 Å². The Bertz CT molecular complexity index is 315. The van der Waals surface area contributed by atoms with Crippen LogP contribution in [0.3, 0.4) is 0 Å². The number of hydrogen-bond donors (Lipinski definition) is 0. The van der Waals surface area contributed by atoms with Crippen LogP contribution < -0.4 is 0 Å². The minimum atomic E-state index is 0.0185. The summed E-state index contributed by atoms with van der Waals surface area (Å²) in [6, 6.07) is 0. The van der Waals surface area contributed by atoms with Crippen LogP contribution in [0.2, 0.25) is 0 Å². The number of amides is 1. The molecule has 0 fully saturated rings. The minimum absolute atomic E-state index is 0.0185. The van der Waals surface area contributed by atoms with Crippen LogP contribution in [0.25, 0.3) is 0 Å². The molecule has 0 aliphatic carbocycles. The Morgan fingerprint density at radius 1 is 1.62 bits per heavy atom. The highest BCUT2D eigenvalue weighted by Gasteiger charge is 2.15. The number of carbonyl (C=O) groups excluding carboxylic acids is 1. The summed E-state index contributed by atoms with van der Waals surface area (Å²) in [5, 5.41) is 4.06. The number of rotatable bonds is 2. The van der Waals surface area contributed by atoms with E-state index in [9.17, 15) is 4.79 Å². The Balaban J connectivity index is 3.07. The molecule has 0 aromatic carbocycles. The van der Waals surface area contributed by atoms with E-state index in [0.717, 1.165) is 12.1 Å². The van der Waals surface area contributed by atoms with Gasteiger partial charge < -0.3 is 4.90 Å². The molecule has 0 atom stereocenters. The average molecular weight is 181 g/mol. The predicted octanol–water partition coefficient (Wildman–Crippen LogP) is 0.684. The molecule has 13 heavy (non-hydrogen) atoms. The smallest absolute Gasteiger partial charge is 0.256 e. The van der Waals surface area contributed by atoms with Gasteiger partial charge in [0.15, 0.2) is 0 Å². The zero-order valence-corrected chi connectivity index (χ0v) is 8.53. The van der Waals surface area contributed by atoms with Gasteiger partial charge in [0, 0.05) is 21.1 Å². The van der Waals surface area contributed by atoms with Gasteiger partial charge in [0.2, 0.25) is 0 Å². The van der Waals surface area contributed by atoms with E-state index in [-0.39, 0.29) is 5.91 Å². The molecule has 4 nitrogen and oxygen atoms in total. The third-order valence-electron chi connectivity index (χ3n) is 2.03. The number of aryl methyl sites for hydroxylation is 1. The topological polar surface area (TPSA) is 38.1 Å². The first-order chi connectivity index (χ1) is 6.07. The van der Waals surface area contributed by atoms with E-state index in [1.807, 2.05) is 14.0 Å². The number of carbonyl (C=O) groups is 1. The summed E-state index contributed by atoms with van der Waals surface area (Å²) >= 11 is 0. The van der Waals surface area contributed by atoms with Gasteiger partial charge in [-0.3, -0.25) is 9.48 Å². The second-order valence-electron chi connectivity index (χ2n) is 3.18. The van der Waals surface area contributed by atoms with Crippen LogP contribution in [-0.4, -0.2) is 34.7 Å². The van der Waals surface area contributed by atoms with Gasteiger partial charge >= 0.3 is 0 Å². The van der Waals surface area contributed by atoms with E-state index in [4.69, 9.17) is 0 Å². The fourth-order valence-electron chi connectivity index (χ4n) is 1.30. The van der Waals surface area contributed by atoms with Crippen molar-refractivity contribution in [1.82, 2.24) is 14.7 Å². The Hall–Kier alpha value is -1.32. The Morgan fingerprint density at radius 3 is 2.69 bits per heavy atom. The van der Waals surface area contributed by atoms with Crippen molar-refractivity contribution in [2.45, 2.75) is 13.3 Å².